The molecule has 0 radical (unpaired) electrons. The molecule has 3 nitrogen and oxygen atoms in total. The smallest absolute Gasteiger partial charge is 0.441 e. The summed E-state index contributed by atoms with van der Waals surface area (Å²) < 4.78 is 46.5. The van der Waals surface area contributed by atoms with E-state index in [1.54, 1.807) is 13.0 Å². The monoisotopic (exact) mass is 333 g/mol. The van der Waals surface area contributed by atoms with Crippen LogP contribution in [0.1, 0.15) is 17.0 Å². The molecule has 0 atom stereocenters. The number of halogens is 3. The maximum Gasteiger partial charge on any atom is 0.573 e. The van der Waals surface area contributed by atoms with Crippen molar-refractivity contribution in [1.82, 2.24) is 4.98 Å². The zero-order chi connectivity index (χ0) is 17.2. The Morgan fingerprint density at radius 2 is 1.79 bits per heavy atom. The molecule has 124 valence electrons. The molecule has 6 heteroatoms. The maximum atomic E-state index is 12.3. The largest absolute Gasteiger partial charge is 0.573 e. The summed E-state index contributed by atoms with van der Waals surface area (Å²) in [6, 6.07) is 15.3. The number of benzene rings is 2. The summed E-state index contributed by atoms with van der Waals surface area (Å²) in [7, 11) is 0. The highest BCUT2D eigenvalue weighted by Gasteiger charge is 2.31. The first-order valence-electron chi connectivity index (χ1n) is 7.27. The van der Waals surface area contributed by atoms with Gasteiger partial charge in [0.25, 0.3) is 0 Å². The van der Waals surface area contributed by atoms with Crippen LogP contribution in [0.25, 0.3) is 11.5 Å². The second kappa shape index (κ2) is 6.39. The average Bonchev–Trinajstić information content (AvgIpc) is 2.88. The van der Waals surface area contributed by atoms with Crippen LogP contribution >= 0.6 is 0 Å². The fourth-order valence-electron chi connectivity index (χ4n) is 2.34. The normalized spacial score (nSPS) is 11.5. The van der Waals surface area contributed by atoms with Crippen molar-refractivity contribution in [1.29, 1.82) is 0 Å². The first-order valence-corrected chi connectivity index (χ1v) is 7.27. The number of aromatic nitrogens is 1. The Morgan fingerprint density at radius 1 is 1.04 bits per heavy atom. The number of oxazole rings is 1. The molecule has 1 heterocycles. The molecule has 0 saturated heterocycles. The Hall–Kier alpha value is -2.76. The second-order valence-electron chi connectivity index (χ2n) is 5.26. The first-order chi connectivity index (χ1) is 11.4. The molecule has 3 rings (SSSR count). The van der Waals surface area contributed by atoms with Gasteiger partial charge in [0.1, 0.15) is 11.5 Å². The van der Waals surface area contributed by atoms with E-state index in [-0.39, 0.29) is 5.75 Å². The average molecular weight is 333 g/mol. The Labute approximate surface area is 136 Å². The molecule has 0 fully saturated rings. The number of hydrogen-bond donors (Lipinski definition) is 0. The SMILES string of the molecule is Cc1oc(-c2ccccc2)nc1Cc1cccc(OC(F)(F)F)c1. The molecule has 2 aromatic carbocycles. The third kappa shape index (κ3) is 3.95. The molecule has 0 saturated carbocycles. The minimum absolute atomic E-state index is 0.246. The summed E-state index contributed by atoms with van der Waals surface area (Å²) in [4.78, 5) is 4.45. The Balaban J connectivity index is 1.82. The van der Waals surface area contributed by atoms with Crippen molar-refractivity contribution in [2.45, 2.75) is 19.7 Å². The van der Waals surface area contributed by atoms with Gasteiger partial charge in [-0.3, -0.25) is 0 Å². The van der Waals surface area contributed by atoms with E-state index in [1.807, 2.05) is 30.3 Å². The van der Waals surface area contributed by atoms with Crippen LogP contribution in [0, 0.1) is 6.92 Å². The minimum Gasteiger partial charge on any atom is -0.441 e. The van der Waals surface area contributed by atoms with Crippen LogP contribution in [-0.4, -0.2) is 11.3 Å². The molecule has 0 aliphatic carbocycles. The number of alkyl halides is 3. The molecule has 0 aliphatic heterocycles. The van der Waals surface area contributed by atoms with E-state index in [1.165, 1.54) is 18.2 Å². The third-order valence-corrected chi connectivity index (χ3v) is 3.42. The van der Waals surface area contributed by atoms with E-state index < -0.39 is 6.36 Å². The number of aryl methyl sites for hydroxylation is 1. The maximum absolute atomic E-state index is 12.3. The zero-order valence-corrected chi connectivity index (χ0v) is 12.8. The van der Waals surface area contributed by atoms with Gasteiger partial charge in [-0.05, 0) is 36.8 Å². The highest BCUT2D eigenvalue weighted by molar-refractivity contribution is 5.53. The lowest BCUT2D eigenvalue weighted by molar-refractivity contribution is -0.274. The number of hydrogen-bond acceptors (Lipinski definition) is 3. The molecule has 24 heavy (non-hydrogen) atoms. The van der Waals surface area contributed by atoms with Gasteiger partial charge in [-0.25, -0.2) is 4.98 Å². The number of rotatable bonds is 4. The lowest BCUT2D eigenvalue weighted by Crippen LogP contribution is -2.17. The molecule has 0 unspecified atom stereocenters. The molecule has 0 aliphatic rings. The lowest BCUT2D eigenvalue weighted by Gasteiger charge is -2.09. The zero-order valence-electron chi connectivity index (χ0n) is 12.8. The molecular formula is C18H14F3NO2. The van der Waals surface area contributed by atoms with E-state index in [4.69, 9.17) is 4.42 Å². The van der Waals surface area contributed by atoms with Gasteiger partial charge in [-0.2, -0.15) is 0 Å². The quantitative estimate of drug-likeness (QED) is 0.663. The number of nitrogens with zero attached hydrogens (tertiary/aromatic N) is 1. The van der Waals surface area contributed by atoms with Gasteiger partial charge >= 0.3 is 6.36 Å². The molecule has 0 spiro atoms. The molecule has 1 aromatic heterocycles. The van der Waals surface area contributed by atoms with Gasteiger partial charge in [-0.1, -0.05) is 30.3 Å². The van der Waals surface area contributed by atoms with Gasteiger partial charge < -0.3 is 9.15 Å². The first kappa shape index (κ1) is 16.1. The van der Waals surface area contributed by atoms with E-state index in [9.17, 15) is 13.2 Å². The topological polar surface area (TPSA) is 35.3 Å². The summed E-state index contributed by atoms with van der Waals surface area (Å²) in [5.41, 5.74) is 2.19. The van der Waals surface area contributed by atoms with E-state index in [0.717, 1.165) is 5.56 Å². The van der Waals surface area contributed by atoms with Crippen LogP contribution in [0.15, 0.2) is 59.0 Å². The van der Waals surface area contributed by atoms with Crippen molar-refractivity contribution < 1.29 is 22.3 Å². The Kier molecular flexibility index (Phi) is 4.29. The number of ether oxygens (including phenoxy) is 1. The predicted octanol–water partition coefficient (Wildman–Crippen LogP) is 5.14. The highest BCUT2D eigenvalue weighted by Crippen LogP contribution is 2.26. The third-order valence-electron chi connectivity index (χ3n) is 3.42. The molecule has 0 amide bonds. The second-order valence-corrected chi connectivity index (χ2v) is 5.26. The van der Waals surface area contributed by atoms with Crippen molar-refractivity contribution >= 4 is 0 Å². The van der Waals surface area contributed by atoms with Crippen LogP contribution < -0.4 is 4.74 Å². The standard InChI is InChI=1S/C18H14F3NO2/c1-12-16(22-17(23-12)14-7-3-2-4-8-14)11-13-6-5-9-15(10-13)24-18(19,20)21/h2-10H,11H2,1H3. The molecule has 0 N–H and O–H groups in total. The molecule has 0 bridgehead atoms. The van der Waals surface area contributed by atoms with Crippen molar-refractivity contribution in [2.75, 3.05) is 0 Å². The van der Waals surface area contributed by atoms with Crippen LogP contribution in [0.3, 0.4) is 0 Å². The van der Waals surface area contributed by atoms with Crippen molar-refractivity contribution in [3.63, 3.8) is 0 Å². The van der Waals surface area contributed by atoms with Crippen LogP contribution in [0.4, 0.5) is 13.2 Å². The summed E-state index contributed by atoms with van der Waals surface area (Å²) >= 11 is 0. The summed E-state index contributed by atoms with van der Waals surface area (Å²) in [6.07, 6.45) is -4.35. The minimum atomic E-state index is -4.71. The van der Waals surface area contributed by atoms with Gasteiger partial charge in [0.05, 0.1) is 5.69 Å². The van der Waals surface area contributed by atoms with E-state index in [2.05, 4.69) is 9.72 Å². The highest BCUT2D eigenvalue weighted by atomic mass is 19.4. The summed E-state index contributed by atoms with van der Waals surface area (Å²) in [5.74, 6) is 0.881. The van der Waals surface area contributed by atoms with E-state index in [0.29, 0.717) is 29.3 Å². The summed E-state index contributed by atoms with van der Waals surface area (Å²) in [6.45, 7) is 1.78. The van der Waals surface area contributed by atoms with E-state index >= 15 is 0 Å². The van der Waals surface area contributed by atoms with Gasteiger partial charge in [0.15, 0.2) is 0 Å². The van der Waals surface area contributed by atoms with Crippen LogP contribution in [0.5, 0.6) is 5.75 Å². The predicted molar refractivity (Wildman–Crippen MR) is 82.6 cm³/mol. The van der Waals surface area contributed by atoms with Crippen LogP contribution in [-0.2, 0) is 6.42 Å². The van der Waals surface area contributed by atoms with Gasteiger partial charge in [0.2, 0.25) is 5.89 Å². The van der Waals surface area contributed by atoms with Crippen molar-refractivity contribution in [3.8, 4) is 17.2 Å². The van der Waals surface area contributed by atoms with Crippen molar-refractivity contribution in [2.24, 2.45) is 0 Å². The van der Waals surface area contributed by atoms with Gasteiger partial charge in [0, 0.05) is 12.0 Å². The van der Waals surface area contributed by atoms with Gasteiger partial charge in [-0.15, -0.1) is 13.2 Å². The Bertz CT molecular complexity index is 826. The lowest BCUT2D eigenvalue weighted by atomic mass is 10.1. The van der Waals surface area contributed by atoms with Crippen LogP contribution in [0.2, 0.25) is 0 Å². The van der Waals surface area contributed by atoms with Crippen molar-refractivity contribution in [3.05, 3.63) is 71.6 Å². The summed E-state index contributed by atoms with van der Waals surface area (Å²) in [5, 5.41) is 0. The fraction of sp³-hybridized carbons (Fsp3) is 0.167. The molecule has 3 aromatic rings. The molecular weight excluding hydrogens is 319 g/mol. The fourth-order valence-corrected chi connectivity index (χ4v) is 2.34. The Morgan fingerprint density at radius 3 is 2.50 bits per heavy atom.